The highest BCUT2D eigenvalue weighted by atomic mass is 32.1. The Balaban J connectivity index is 2.13. The predicted molar refractivity (Wildman–Crippen MR) is 74.3 cm³/mol. The number of aryl methyl sites for hydroxylation is 1. The molecule has 0 amide bonds. The van der Waals surface area contributed by atoms with Crippen LogP contribution in [0.1, 0.15) is 30.5 Å². The van der Waals surface area contributed by atoms with Crippen molar-refractivity contribution in [3.8, 4) is 5.75 Å². The maximum Gasteiger partial charge on any atom is 0.206 e. The fourth-order valence-corrected chi connectivity index (χ4v) is 2.51. The van der Waals surface area contributed by atoms with Crippen LogP contribution < -0.4 is 10.1 Å². The van der Waals surface area contributed by atoms with Crippen molar-refractivity contribution in [2.75, 3.05) is 12.4 Å². The average Bonchev–Trinajstić information content (AvgIpc) is 2.86. The quantitative estimate of drug-likeness (QED) is 0.899. The minimum absolute atomic E-state index is 0.138. The Labute approximate surface area is 111 Å². The number of hydrogen-bond donors (Lipinski definition) is 1. The summed E-state index contributed by atoms with van der Waals surface area (Å²) in [5.74, 6) is 0.887. The number of benzene rings is 1. The summed E-state index contributed by atoms with van der Waals surface area (Å²) in [5.41, 5.74) is 1.12. The van der Waals surface area contributed by atoms with Crippen molar-refractivity contribution in [3.05, 3.63) is 34.8 Å². The van der Waals surface area contributed by atoms with E-state index in [2.05, 4.69) is 35.4 Å². The van der Waals surface area contributed by atoms with E-state index in [1.54, 1.807) is 18.4 Å². The van der Waals surface area contributed by atoms with Gasteiger partial charge >= 0.3 is 0 Å². The molecule has 1 unspecified atom stereocenters. The lowest BCUT2D eigenvalue weighted by molar-refractivity contribution is 0.408. The monoisotopic (exact) mass is 263 g/mol. The van der Waals surface area contributed by atoms with E-state index in [4.69, 9.17) is 4.74 Å². The van der Waals surface area contributed by atoms with Crippen molar-refractivity contribution >= 4 is 16.5 Å². The molecule has 1 heterocycles. The fraction of sp³-hybridized carbons (Fsp3) is 0.385. The Morgan fingerprint density at radius 3 is 2.78 bits per heavy atom. The van der Waals surface area contributed by atoms with Gasteiger partial charge in [0.15, 0.2) is 0 Å². The summed E-state index contributed by atoms with van der Waals surface area (Å²) in [6.45, 7) is 4.17. The van der Waals surface area contributed by atoms with E-state index in [9.17, 15) is 0 Å². The van der Waals surface area contributed by atoms with Gasteiger partial charge in [-0.15, -0.1) is 10.2 Å². The molecule has 0 bridgehead atoms. The number of aromatic nitrogens is 2. The molecule has 0 saturated carbocycles. The average molecular weight is 263 g/mol. The van der Waals surface area contributed by atoms with Crippen LogP contribution in [0.5, 0.6) is 5.75 Å². The number of hydrogen-bond acceptors (Lipinski definition) is 5. The van der Waals surface area contributed by atoms with Crippen molar-refractivity contribution in [2.45, 2.75) is 26.3 Å². The summed E-state index contributed by atoms with van der Waals surface area (Å²) in [5, 5.41) is 13.5. The Morgan fingerprint density at radius 2 is 2.11 bits per heavy atom. The molecule has 0 saturated heterocycles. The second kappa shape index (κ2) is 5.82. The second-order valence-electron chi connectivity index (χ2n) is 3.96. The molecule has 0 fully saturated rings. The van der Waals surface area contributed by atoms with Crippen molar-refractivity contribution in [1.29, 1.82) is 0 Å². The summed E-state index contributed by atoms with van der Waals surface area (Å²) in [6, 6.07) is 8.13. The van der Waals surface area contributed by atoms with Crippen molar-refractivity contribution < 1.29 is 4.74 Å². The fourth-order valence-electron chi connectivity index (χ4n) is 1.74. The van der Waals surface area contributed by atoms with Crippen molar-refractivity contribution in [2.24, 2.45) is 0 Å². The highest BCUT2D eigenvalue weighted by Crippen LogP contribution is 2.28. The van der Waals surface area contributed by atoms with E-state index in [0.29, 0.717) is 0 Å². The molecule has 0 aliphatic carbocycles. The zero-order valence-corrected chi connectivity index (χ0v) is 11.6. The zero-order valence-electron chi connectivity index (χ0n) is 10.8. The standard InChI is InChI=1S/C13H17N3OS/c1-4-12-15-16-13(18-12)14-9(2)10-7-5-6-8-11(10)17-3/h5-9H,4H2,1-3H3,(H,14,16). The summed E-state index contributed by atoms with van der Waals surface area (Å²) in [4.78, 5) is 0. The molecule has 0 aliphatic rings. The van der Waals surface area contributed by atoms with E-state index in [-0.39, 0.29) is 6.04 Å². The zero-order chi connectivity index (χ0) is 13.0. The molecular formula is C13H17N3OS. The van der Waals surface area contributed by atoms with Crippen LogP contribution in [0.3, 0.4) is 0 Å². The lowest BCUT2D eigenvalue weighted by atomic mass is 10.1. The molecule has 1 aromatic heterocycles. The van der Waals surface area contributed by atoms with Gasteiger partial charge in [-0.1, -0.05) is 36.5 Å². The number of nitrogens with zero attached hydrogens (tertiary/aromatic N) is 2. The number of rotatable bonds is 5. The van der Waals surface area contributed by atoms with Crippen LogP contribution in [0.15, 0.2) is 24.3 Å². The maximum absolute atomic E-state index is 5.36. The molecule has 4 nitrogen and oxygen atoms in total. The SMILES string of the molecule is CCc1nnc(NC(C)c2ccccc2OC)s1. The molecule has 2 rings (SSSR count). The molecule has 1 atom stereocenters. The highest BCUT2D eigenvalue weighted by molar-refractivity contribution is 7.15. The topological polar surface area (TPSA) is 47.0 Å². The van der Waals surface area contributed by atoms with E-state index in [1.165, 1.54) is 0 Å². The first kappa shape index (κ1) is 12.8. The molecule has 96 valence electrons. The van der Waals surface area contributed by atoms with Gasteiger partial charge in [0.25, 0.3) is 0 Å². The third-order valence-electron chi connectivity index (χ3n) is 2.71. The summed E-state index contributed by atoms with van der Waals surface area (Å²) >= 11 is 1.60. The van der Waals surface area contributed by atoms with Gasteiger partial charge in [-0.25, -0.2) is 0 Å². The molecule has 5 heteroatoms. The predicted octanol–water partition coefficient (Wildman–Crippen LogP) is 3.28. The molecule has 1 N–H and O–H groups in total. The second-order valence-corrected chi connectivity index (χ2v) is 5.02. The third-order valence-corrected chi connectivity index (χ3v) is 3.71. The molecule has 1 aromatic carbocycles. The maximum atomic E-state index is 5.36. The smallest absolute Gasteiger partial charge is 0.206 e. The van der Waals surface area contributed by atoms with Crippen LogP contribution in [0.2, 0.25) is 0 Å². The minimum Gasteiger partial charge on any atom is -0.496 e. The first-order valence-corrected chi connectivity index (χ1v) is 6.78. The van der Waals surface area contributed by atoms with Gasteiger partial charge in [0.05, 0.1) is 13.2 Å². The summed E-state index contributed by atoms with van der Waals surface area (Å²) in [7, 11) is 1.69. The lowest BCUT2D eigenvalue weighted by Gasteiger charge is -2.16. The normalized spacial score (nSPS) is 12.2. The van der Waals surface area contributed by atoms with Crippen molar-refractivity contribution in [3.63, 3.8) is 0 Å². The first-order chi connectivity index (χ1) is 8.74. The largest absolute Gasteiger partial charge is 0.496 e. The van der Waals surface area contributed by atoms with E-state index in [0.717, 1.165) is 27.9 Å². The van der Waals surface area contributed by atoms with Gasteiger partial charge in [-0.2, -0.15) is 0 Å². The Hall–Kier alpha value is -1.62. The van der Waals surface area contributed by atoms with Gasteiger partial charge in [0.1, 0.15) is 10.8 Å². The number of nitrogens with one attached hydrogen (secondary N) is 1. The van der Waals surface area contributed by atoms with Gasteiger partial charge in [0.2, 0.25) is 5.13 Å². The first-order valence-electron chi connectivity index (χ1n) is 5.96. The van der Waals surface area contributed by atoms with E-state index < -0.39 is 0 Å². The number of para-hydroxylation sites is 1. The van der Waals surface area contributed by atoms with Crippen molar-refractivity contribution in [1.82, 2.24) is 10.2 Å². The number of methoxy groups -OCH3 is 1. The van der Waals surface area contributed by atoms with Crippen LogP contribution in [0, 0.1) is 0 Å². The molecule has 0 aliphatic heterocycles. The minimum atomic E-state index is 0.138. The lowest BCUT2D eigenvalue weighted by Crippen LogP contribution is -2.07. The summed E-state index contributed by atoms with van der Waals surface area (Å²) in [6.07, 6.45) is 0.919. The van der Waals surface area contributed by atoms with E-state index in [1.807, 2.05) is 18.2 Å². The molecule has 18 heavy (non-hydrogen) atoms. The third kappa shape index (κ3) is 2.79. The Kier molecular flexibility index (Phi) is 4.15. The van der Waals surface area contributed by atoms with Crippen LogP contribution >= 0.6 is 11.3 Å². The van der Waals surface area contributed by atoms with Crippen LogP contribution in [-0.2, 0) is 6.42 Å². The van der Waals surface area contributed by atoms with Gasteiger partial charge in [-0.05, 0) is 19.4 Å². The van der Waals surface area contributed by atoms with Gasteiger partial charge < -0.3 is 10.1 Å². The van der Waals surface area contributed by atoms with Crippen LogP contribution in [0.25, 0.3) is 0 Å². The Morgan fingerprint density at radius 1 is 1.33 bits per heavy atom. The Bertz CT molecular complexity index is 512. The number of ether oxygens (including phenoxy) is 1. The van der Waals surface area contributed by atoms with E-state index >= 15 is 0 Å². The highest BCUT2D eigenvalue weighted by Gasteiger charge is 2.12. The van der Waals surface area contributed by atoms with Crippen LogP contribution in [0.4, 0.5) is 5.13 Å². The van der Waals surface area contributed by atoms with Crippen LogP contribution in [-0.4, -0.2) is 17.3 Å². The molecule has 0 spiro atoms. The summed E-state index contributed by atoms with van der Waals surface area (Å²) < 4.78 is 5.36. The van der Waals surface area contributed by atoms with Gasteiger partial charge in [0, 0.05) is 5.56 Å². The molecule has 0 radical (unpaired) electrons. The molecular weight excluding hydrogens is 246 g/mol. The number of anilines is 1. The molecule has 2 aromatic rings. The van der Waals surface area contributed by atoms with Gasteiger partial charge in [-0.3, -0.25) is 0 Å².